The van der Waals surface area contributed by atoms with Gasteiger partial charge in [0.05, 0.1) is 24.6 Å². The molecule has 2 aromatic heterocycles. The van der Waals surface area contributed by atoms with Gasteiger partial charge >= 0.3 is 5.97 Å². The Morgan fingerprint density at radius 3 is 2.47 bits per heavy atom. The van der Waals surface area contributed by atoms with E-state index in [1.165, 1.54) is 25.1 Å². The first-order chi connectivity index (χ1) is 16.7. The van der Waals surface area contributed by atoms with Gasteiger partial charge in [0.25, 0.3) is 5.91 Å². The molecule has 4 aromatic rings. The van der Waals surface area contributed by atoms with Crippen LogP contribution in [-0.4, -0.2) is 50.7 Å². The Balaban J connectivity index is 1.42. The second-order valence-corrected chi connectivity index (χ2v) is 7.85. The van der Waals surface area contributed by atoms with E-state index in [2.05, 4.69) is 30.4 Å². The first kappa shape index (κ1) is 22.9. The number of nitrogens with one attached hydrogen (secondary N) is 1. The standard InChI is InChI=1S/C24H20N6O3S/c1-33-23(32)19-9-7-17(8-10-19)15-26-27-21(31)16-34-24-29-28-22(18-11-13-25-14-12-18)30(24)20-5-3-2-4-6-20/h2-15H,16H2,1H3,(H,27,31)/b26-15-. The molecule has 0 aliphatic heterocycles. The number of benzene rings is 2. The number of pyridine rings is 1. The monoisotopic (exact) mass is 472 g/mol. The zero-order chi connectivity index (χ0) is 23.8. The molecule has 2 heterocycles. The molecule has 0 bridgehead atoms. The summed E-state index contributed by atoms with van der Waals surface area (Å²) in [7, 11) is 1.33. The van der Waals surface area contributed by atoms with Crippen LogP contribution in [0.15, 0.2) is 89.4 Å². The van der Waals surface area contributed by atoms with Crippen molar-refractivity contribution in [2.45, 2.75) is 5.16 Å². The Bertz CT molecular complexity index is 1290. The van der Waals surface area contributed by atoms with Gasteiger partial charge in [0, 0.05) is 23.6 Å². The van der Waals surface area contributed by atoms with Crippen LogP contribution in [0.4, 0.5) is 0 Å². The lowest BCUT2D eigenvalue weighted by atomic mass is 10.1. The molecule has 1 amide bonds. The van der Waals surface area contributed by atoms with Crippen LogP contribution in [0, 0.1) is 0 Å². The van der Waals surface area contributed by atoms with Gasteiger partial charge in [0.2, 0.25) is 0 Å². The predicted octanol–water partition coefficient (Wildman–Crippen LogP) is 3.36. The van der Waals surface area contributed by atoms with Crippen LogP contribution in [-0.2, 0) is 9.53 Å². The molecule has 170 valence electrons. The molecule has 2 aromatic carbocycles. The zero-order valence-electron chi connectivity index (χ0n) is 18.2. The summed E-state index contributed by atoms with van der Waals surface area (Å²) in [6, 6.07) is 20.1. The lowest BCUT2D eigenvalue weighted by Crippen LogP contribution is -2.20. The van der Waals surface area contributed by atoms with Gasteiger partial charge in [-0.1, -0.05) is 42.1 Å². The summed E-state index contributed by atoms with van der Waals surface area (Å²) in [4.78, 5) is 27.9. The molecule has 0 fully saturated rings. The van der Waals surface area contributed by atoms with E-state index in [-0.39, 0.29) is 11.7 Å². The minimum absolute atomic E-state index is 0.0972. The number of methoxy groups -OCH3 is 1. The van der Waals surface area contributed by atoms with Crippen molar-refractivity contribution in [1.82, 2.24) is 25.2 Å². The Kier molecular flexibility index (Phi) is 7.41. The molecule has 9 nitrogen and oxygen atoms in total. The van der Waals surface area contributed by atoms with Crippen LogP contribution in [0.25, 0.3) is 17.1 Å². The molecule has 0 saturated carbocycles. The Morgan fingerprint density at radius 2 is 1.76 bits per heavy atom. The highest BCUT2D eigenvalue weighted by Gasteiger charge is 2.17. The van der Waals surface area contributed by atoms with Crippen LogP contribution in [0.1, 0.15) is 15.9 Å². The molecular formula is C24H20N6O3S. The summed E-state index contributed by atoms with van der Waals surface area (Å²) in [5.74, 6) is 0.0506. The number of hydrazone groups is 1. The van der Waals surface area contributed by atoms with Gasteiger partial charge in [-0.15, -0.1) is 10.2 Å². The van der Waals surface area contributed by atoms with Crippen molar-refractivity contribution < 1.29 is 14.3 Å². The third-order valence-electron chi connectivity index (χ3n) is 4.65. The van der Waals surface area contributed by atoms with Crippen molar-refractivity contribution in [3.8, 4) is 17.1 Å². The number of esters is 1. The molecule has 0 aliphatic carbocycles. The molecular weight excluding hydrogens is 452 g/mol. The molecule has 0 radical (unpaired) electrons. The molecule has 1 N–H and O–H groups in total. The first-order valence-electron chi connectivity index (χ1n) is 10.2. The summed E-state index contributed by atoms with van der Waals surface area (Å²) >= 11 is 1.26. The number of carbonyl (C=O) groups is 2. The number of hydrogen-bond acceptors (Lipinski definition) is 8. The summed E-state index contributed by atoms with van der Waals surface area (Å²) in [6.45, 7) is 0. The normalized spacial score (nSPS) is 10.9. The van der Waals surface area contributed by atoms with Crippen LogP contribution >= 0.6 is 11.8 Å². The predicted molar refractivity (Wildman–Crippen MR) is 129 cm³/mol. The smallest absolute Gasteiger partial charge is 0.337 e. The number of para-hydroxylation sites is 1. The lowest BCUT2D eigenvalue weighted by Gasteiger charge is -2.10. The van der Waals surface area contributed by atoms with Gasteiger partial charge in [-0.05, 0) is 42.0 Å². The van der Waals surface area contributed by atoms with Crippen molar-refractivity contribution in [3.05, 3.63) is 90.3 Å². The van der Waals surface area contributed by atoms with Crippen LogP contribution in [0.2, 0.25) is 0 Å². The maximum atomic E-state index is 12.3. The average Bonchev–Trinajstić information content (AvgIpc) is 3.32. The highest BCUT2D eigenvalue weighted by molar-refractivity contribution is 7.99. The fourth-order valence-electron chi connectivity index (χ4n) is 3.03. The number of ether oxygens (including phenoxy) is 1. The van der Waals surface area contributed by atoms with E-state index < -0.39 is 5.97 Å². The third-order valence-corrected chi connectivity index (χ3v) is 5.58. The highest BCUT2D eigenvalue weighted by Crippen LogP contribution is 2.27. The molecule has 0 saturated heterocycles. The SMILES string of the molecule is COC(=O)c1ccc(/C=N\NC(=O)CSc2nnc(-c3ccncc3)n2-c2ccccc2)cc1. The van der Waals surface area contributed by atoms with Crippen LogP contribution < -0.4 is 5.43 Å². The van der Waals surface area contributed by atoms with E-state index in [1.807, 2.05) is 47.0 Å². The second-order valence-electron chi connectivity index (χ2n) is 6.91. The number of carbonyl (C=O) groups excluding carboxylic acids is 2. The summed E-state index contributed by atoms with van der Waals surface area (Å²) in [5.41, 5.74) is 5.42. The summed E-state index contributed by atoms with van der Waals surface area (Å²) in [5, 5.41) is 13.2. The number of nitrogens with zero attached hydrogens (tertiary/aromatic N) is 5. The largest absolute Gasteiger partial charge is 0.465 e. The fraction of sp³-hybridized carbons (Fsp3) is 0.0833. The van der Waals surface area contributed by atoms with Gasteiger partial charge in [-0.25, -0.2) is 10.2 Å². The number of amides is 1. The number of hydrogen-bond donors (Lipinski definition) is 1. The minimum atomic E-state index is -0.413. The summed E-state index contributed by atoms with van der Waals surface area (Å²) < 4.78 is 6.57. The van der Waals surface area contributed by atoms with E-state index in [0.29, 0.717) is 16.5 Å². The van der Waals surface area contributed by atoms with E-state index in [9.17, 15) is 9.59 Å². The number of thioether (sulfide) groups is 1. The molecule has 0 atom stereocenters. The van der Waals surface area contributed by atoms with Crippen LogP contribution in [0.3, 0.4) is 0 Å². The topological polar surface area (TPSA) is 111 Å². The number of aromatic nitrogens is 4. The van der Waals surface area contributed by atoms with E-state index in [0.717, 1.165) is 16.8 Å². The maximum Gasteiger partial charge on any atom is 0.337 e. The van der Waals surface area contributed by atoms with Gasteiger partial charge < -0.3 is 4.74 Å². The molecule has 0 aliphatic rings. The molecule has 4 rings (SSSR count). The molecule has 34 heavy (non-hydrogen) atoms. The summed E-state index contributed by atoms with van der Waals surface area (Å²) in [6.07, 6.45) is 4.89. The third kappa shape index (κ3) is 5.54. The highest BCUT2D eigenvalue weighted by atomic mass is 32.2. The Morgan fingerprint density at radius 1 is 1.03 bits per heavy atom. The van der Waals surface area contributed by atoms with Crippen molar-refractivity contribution >= 4 is 29.9 Å². The van der Waals surface area contributed by atoms with Crippen molar-refractivity contribution in [2.75, 3.05) is 12.9 Å². The van der Waals surface area contributed by atoms with Crippen molar-refractivity contribution in [1.29, 1.82) is 0 Å². The van der Waals surface area contributed by atoms with Gasteiger partial charge in [-0.3, -0.25) is 14.3 Å². The first-order valence-corrected chi connectivity index (χ1v) is 11.2. The van der Waals surface area contributed by atoms with E-state index in [4.69, 9.17) is 0 Å². The fourth-order valence-corrected chi connectivity index (χ4v) is 3.77. The zero-order valence-corrected chi connectivity index (χ0v) is 19.0. The minimum Gasteiger partial charge on any atom is -0.465 e. The van der Waals surface area contributed by atoms with E-state index >= 15 is 0 Å². The Labute approximate surface area is 199 Å². The van der Waals surface area contributed by atoms with Crippen molar-refractivity contribution in [2.24, 2.45) is 5.10 Å². The van der Waals surface area contributed by atoms with Gasteiger partial charge in [0.1, 0.15) is 0 Å². The second kappa shape index (κ2) is 11.0. The molecule has 10 heteroatoms. The number of rotatable bonds is 8. The van der Waals surface area contributed by atoms with Gasteiger partial charge in [-0.2, -0.15) is 5.10 Å². The molecule has 0 unspecified atom stereocenters. The van der Waals surface area contributed by atoms with Crippen molar-refractivity contribution in [3.63, 3.8) is 0 Å². The maximum absolute atomic E-state index is 12.3. The average molecular weight is 473 g/mol. The van der Waals surface area contributed by atoms with Gasteiger partial charge in [0.15, 0.2) is 11.0 Å². The Hall–Kier alpha value is -4.31. The lowest BCUT2D eigenvalue weighted by molar-refractivity contribution is -0.118. The molecule has 0 spiro atoms. The van der Waals surface area contributed by atoms with E-state index in [1.54, 1.807) is 36.7 Å². The van der Waals surface area contributed by atoms with Crippen LogP contribution in [0.5, 0.6) is 0 Å². The quantitative estimate of drug-likeness (QED) is 0.181.